The van der Waals surface area contributed by atoms with Crippen LogP contribution >= 0.6 is 23.4 Å². The van der Waals surface area contributed by atoms with Crippen molar-refractivity contribution in [1.82, 2.24) is 5.32 Å². The van der Waals surface area contributed by atoms with Crippen LogP contribution in [-0.4, -0.2) is 24.3 Å². The predicted octanol–water partition coefficient (Wildman–Crippen LogP) is 6.03. The molecule has 1 heterocycles. The average Bonchev–Trinajstić information content (AvgIpc) is 3.04. The Hall–Kier alpha value is -2.44. The number of amides is 1. The molecule has 2 aromatic rings. The number of carbonyl (C=O) groups is 1. The van der Waals surface area contributed by atoms with Gasteiger partial charge in [0.25, 0.3) is 5.91 Å². The van der Waals surface area contributed by atoms with Crippen LogP contribution < -0.4 is 14.8 Å². The molecular weight excluding hydrogens is 420 g/mol. The molecule has 0 spiro atoms. The molecule has 1 aliphatic heterocycles. The third-order valence-corrected chi connectivity index (χ3v) is 5.86. The first-order chi connectivity index (χ1) is 14.3. The summed E-state index contributed by atoms with van der Waals surface area (Å²) in [6.07, 6.45) is 2.64. The van der Waals surface area contributed by atoms with Gasteiger partial charge < -0.3 is 14.8 Å². The van der Waals surface area contributed by atoms with E-state index in [-0.39, 0.29) is 12.0 Å². The van der Waals surface area contributed by atoms with Crippen LogP contribution in [0.15, 0.2) is 40.2 Å². The van der Waals surface area contributed by atoms with Crippen LogP contribution in [0.3, 0.4) is 0 Å². The number of carbonyl (C=O) groups excluding carboxylic acids is 1. The summed E-state index contributed by atoms with van der Waals surface area (Å²) in [7, 11) is 1.57. The van der Waals surface area contributed by atoms with Crippen LogP contribution in [-0.2, 0) is 4.79 Å². The smallest absolute Gasteiger partial charge is 0.264 e. The molecule has 1 atom stereocenters. The molecule has 0 aromatic heterocycles. The number of hydrogen-bond acceptors (Lipinski definition) is 5. The molecule has 3 rings (SSSR count). The second-order valence-electron chi connectivity index (χ2n) is 7.14. The molecule has 1 fully saturated rings. The molecular formula is C23H25ClN2O3S. The average molecular weight is 445 g/mol. The first-order valence-electron chi connectivity index (χ1n) is 9.71. The topological polar surface area (TPSA) is 59.9 Å². The molecule has 1 aliphatic rings. The standard InChI is InChI=1S/C23H25ClN2O3S/c1-6-15(4)29-21-17(24)10-16(11-19(21)28-5)12-20-22(27)26-23(30-20)25-18-8-7-13(2)9-14(18)3/h7-12,15H,6H2,1-5H3,(H,25,26,27)/b20-12-. The second kappa shape index (κ2) is 9.58. The van der Waals surface area contributed by atoms with E-state index < -0.39 is 0 Å². The van der Waals surface area contributed by atoms with Crippen LogP contribution in [0.1, 0.15) is 37.0 Å². The number of aliphatic imine (C=N–C) groups is 1. The quantitative estimate of drug-likeness (QED) is 0.552. The van der Waals surface area contributed by atoms with Crippen LogP contribution in [0.5, 0.6) is 11.5 Å². The molecule has 0 radical (unpaired) electrons. The van der Waals surface area contributed by atoms with Gasteiger partial charge in [-0.25, -0.2) is 4.99 Å². The lowest BCUT2D eigenvalue weighted by Crippen LogP contribution is -2.19. The minimum absolute atomic E-state index is 0.0146. The summed E-state index contributed by atoms with van der Waals surface area (Å²) in [4.78, 5) is 17.6. The molecule has 0 saturated carbocycles. The lowest BCUT2D eigenvalue weighted by atomic mass is 10.1. The summed E-state index contributed by atoms with van der Waals surface area (Å²) in [6, 6.07) is 9.59. The number of benzene rings is 2. The summed E-state index contributed by atoms with van der Waals surface area (Å²) in [6.45, 7) is 8.05. The molecule has 0 aliphatic carbocycles. The lowest BCUT2D eigenvalue weighted by Gasteiger charge is -2.17. The van der Waals surface area contributed by atoms with E-state index in [0.717, 1.165) is 23.2 Å². The van der Waals surface area contributed by atoms with E-state index in [1.54, 1.807) is 19.3 Å². The van der Waals surface area contributed by atoms with Crippen molar-refractivity contribution in [2.45, 2.75) is 40.2 Å². The summed E-state index contributed by atoms with van der Waals surface area (Å²) < 4.78 is 11.3. The Balaban J connectivity index is 1.87. The van der Waals surface area contributed by atoms with Gasteiger partial charge in [-0.05, 0) is 74.4 Å². The second-order valence-corrected chi connectivity index (χ2v) is 8.58. The minimum Gasteiger partial charge on any atom is -0.493 e. The number of nitrogens with one attached hydrogen (secondary N) is 1. The van der Waals surface area contributed by atoms with Crippen molar-refractivity contribution in [3.8, 4) is 11.5 Å². The van der Waals surface area contributed by atoms with Crippen molar-refractivity contribution in [2.75, 3.05) is 7.11 Å². The van der Waals surface area contributed by atoms with E-state index >= 15 is 0 Å². The van der Waals surface area contributed by atoms with E-state index in [1.807, 2.05) is 45.9 Å². The Kier molecular flexibility index (Phi) is 7.10. The maximum absolute atomic E-state index is 12.4. The fourth-order valence-electron chi connectivity index (χ4n) is 2.89. The molecule has 1 saturated heterocycles. The van der Waals surface area contributed by atoms with Crippen molar-refractivity contribution < 1.29 is 14.3 Å². The molecule has 30 heavy (non-hydrogen) atoms. The fraction of sp³-hybridized carbons (Fsp3) is 0.304. The minimum atomic E-state index is -0.196. The van der Waals surface area contributed by atoms with Gasteiger partial charge >= 0.3 is 0 Å². The summed E-state index contributed by atoms with van der Waals surface area (Å²) in [5.41, 5.74) is 3.81. The molecule has 1 amide bonds. The highest BCUT2D eigenvalue weighted by molar-refractivity contribution is 8.18. The van der Waals surface area contributed by atoms with Gasteiger partial charge in [-0.3, -0.25) is 4.79 Å². The number of thioether (sulfide) groups is 1. The van der Waals surface area contributed by atoms with E-state index in [1.165, 1.54) is 17.3 Å². The largest absolute Gasteiger partial charge is 0.493 e. The van der Waals surface area contributed by atoms with E-state index in [4.69, 9.17) is 21.1 Å². The van der Waals surface area contributed by atoms with Crippen LogP contribution in [0.2, 0.25) is 5.02 Å². The van der Waals surface area contributed by atoms with Crippen LogP contribution in [0, 0.1) is 13.8 Å². The molecule has 1 unspecified atom stereocenters. The Labute approximate surface area is 186 Å². The van der Waals surface area contributed by atoms with Gasteiger partial charge in [0.1, 0.15) is 0 Å². The van der Waals surface area contributed by atoms with E-state index in [2.05, 4.69) is 16.4 Å². The number of rotatable bonds is 6. The van der Waals surface area contributed by atoms with Gasteiger partial charge in [0.2, 0.25) is 0 Å². The van der Waals surface area contributed by atoms with Gasteiger partial charge in [-0.15, -0.1) is 0 Å². The van der Waals surface area contributed by atoms with Gasteiger partial charge in [-0.1, -0.05) is 36.2 Å². The molecule has 5 nitrogen and oxygen atoms in total. The first kappa shape index (κ1) is 22.2. The van der Waals surface area contributed by atoms with Crippen molar-refractivity contribution in [2.24, 2.45) is 4.99 Å². The number of hydrogen-bond donors (Lipinski definition) is 1. The summed E-state index contributed by atoms with van der Waals surface area (Å²) in [5, 5.41) is 3.81. The normalized spacial score (nSPS) is 17.3. The number of nitrogens with zero attached hydrogens (tertiary/aromatic N) is 1. The van der Waals surface area contributed by atoms with Crippen molar-refractivity contribution in [3.63, 3.8) is 0 Å². The highest BCUT2D eigenvalue weighted by Gasteiger charge is 2.24. The number of methoxy groups -OCH3 is 1. The zero-order chi connectivity index (χ0) is 21.8. The number of halogens is 1. The van der Waals surface area contributed by atoms with Crippen molar-refractivity contribution in [1.29, 1.82) is 0 Å². The Bertz CT molecular complexity index is 1030. The predicted molar refractivity (Wildman–Crippen MR) is 125 cm³/mol. The molecule has 7 heteroatoms. The van der Waals surface area contributed by atoms with Crippen LogP contribution in [0.4, 0.5) is 5.69 Å². The maximum Gasteiger partial charge on any atom is 0.264 e. The molecule has 158 valence electrons. The third kappa shape index (κ3) is 5.18. The van der Waals surface area contributed by atoms with Gasteiger partial charge in [-0.2, -0.15) is 0 Å². The highest BCUT2D eigenvalue weighted by Crippen LogP contribution is 2.39. The Morgan fingerprint density at radius 1 is 1.27 bits per heavy atom. The monoisotopic (exact) mass is 444 g/mol. The SMILES string of the molecule is CCC(C)Oc1c(Cl)cc(/C=C2\SC(=Nc3ccc(C)cc3C)NC2=O)cc1OC. The molecule has 2 aromatic carbocycles. The number of ether oxygens (including phenoxy) is 2. The number of amidine groups is 1. The van der Waals surface area contributed by atoms with Crippen molar-refractivity contribution >= 4 is 46.2 Å². The zero-order valence-electron chi connectivity index (χ0n) is 17.7. The van der Waals surface area contributed by atoms with E-state index in [9.17, 15) is 4.79 Å². The van der Waals surface area contributed by atoms with E-state index in [0.29, 0.717) is 26.6 Å². The first-order valence-corrected chi connectivity index (χ1v) is 10.9. The number of aryl methyl sites for hydroxylation is 2. The lowest BCUT2D eigenvalue weighted by molar-refractivity contribution is -0.115. The summed E-state index contributed by atoms with van der Waals surface area (Å²) >= 11 is 7.73. The van der Waals surface area contributed by atoms with Crippen molar-refractivity contribution in [3.05, 3.63) is 56.9 Å². The zero-order valence-corrected chi connectivity index (χ0v) is 19.3. The maximum atomic E-state index is 12.4. The molecule has 1 N–H and O–H groups in total. The van der Waals surface area contributed by atoms with Crippen LogP contribution in [0.25, 0.3) is 6.08 Å². The van der Waals surface area contributed by atoms with Gasteiger partial charge in [0.15, 0.2) is 16.7 Å². The Morgan fingerprint density at radius 2 is 2.03 bits per heavy atom. The Morgan fingerprint density at radius 3 is 2.70 bits per heavy atom. The van der Waals surface area contributed by atoms with Gasteiger partial charge in [0.05, 0.1) is 28.8 Å². The summed E-state index contributed by atoms with van der Waals surface area (Å²) in [5.74, 6) is 0.844. The fourth-order valence-corrected chi connectivity index (χ4v) is 3.99. The van der Waals surface area contributed by atoms with Gasteiger partial charge in [0, 0.05) is 0 Å². The molecule has 0 bridgehead atoms. The highest BCUT2D eigenvalue weighted by atomic mass is 35.5. The third-order valence-electron chi connectivity index (χ3n) is 4.67.